The number of nitrogens with zero attached hydrogens (tertiary/aromatic N) is 1. The number of aromatic nitrogens is 2. The van der Waals surface area contributed by atoms with E-state index >= 15 is 0 Å². The molecule has 2 N–H and O–H groups in total. The van der Waals surface area contributed by atoms with Crippen molar-refractivity contribution in [1.82, 2.24) is 9.97 Å². The fraction of sp³-hybridized carbons (Fsp3) is 0.0952. The summed E-state index contributed by atoms with van der Waals surface area (Å²) < 4.78 is 5.06. The number of anilines is 1. The smallest absolute Gasteiger partial charge is 0.408 e. The van der Waals surface area contributed by atoms with E-state index in [4.69, 9.17) is 16.0 Å². The highest BCUT2D eigenvalue weighted by Gasteiger charge is 2.22. The molecule has 2 aromatic carbocycles. The van der Waals surface area contributed by atoms with E-state index in [0.717, 1.165) is 11.1 Å². The Bertz CT molecular complexity index is 1170. The number of carbonyl (C=O) groups excluding carboxylic acids is 1. The van der Waals surface area contributed by atoms with Crippen molar-refractivity contribution in [2.75, 3.05) is 5.32 Å². The van der Waals surface area contributed by atoms with Gasteiger partial charge in [0, 0.05) is 29.2 Å². The van der Waals surface area contributed by atoms with Crippen LogP contribution in [0.1, 0.15) is 17.0 Å². The number of amides is 1. The zero-order valence-corrected chi connectivity index (χ0v) is 15.4. The maximum absolute atomic E-state index is 13.1. The van der Waals surface area contributed by atoms with Crippen molar-refractivity contribution in [2.45, 2.75) is 12.3 Å². The average Bonchev–Trinajstić information content (AvgIpc) is 3.07. The molecule has 0 bridgehead atoms. The highest BCUT2D eigenvalue weighted by molar-refractivity contribution is 6.30. The molecule has 1 atom stereocenters. The molecule has 7 heteroatoms. The van der Waals surface area contributed by atoms with Crippen molar-refractivity contribution in [2.24, 2.45) is 0 Å². The average molecular weight is 394 g/mol. The van der Waals surface area contributed by atoms with Gasteiger partial charge in [-0.15, -0.1) is 0 Å². The normalized spacial score (nSPS) is 12.0. The maximum atomic E-state index is 13.1. The van der Waals surface area contributed by atoms with Gasteiger partial charge < -0.3 is 9.73 Å². The standard InChI is InChI=1S/C21H16ClN3O3/c22-15-3-1-14(2-4-15)17(11-13-7-9-23-10-8-13)20(26)24-16-5-6-18-19(12-16)28-21(27)25-18/h1-10,12,17H,11H2,(H,24,26)(H,25,27). The molecule has 140 valence electrons. The molecular weight excluding hydrogens is 378 g/mol. The molecule has 28 heavy (non-hydrogen) atoms. The number of nitrogens with one attached hydrogen (secondary N) is 2. The Morgan fingerprint density at radius 1 is 1.11 bits per heavy atom. The van der Waals surface area contributed by atoms with E-state index in [0.29, 0.717) is 28.2 Å². The van der Waals surface area contributed by atoms with Crippen molar-refractivity contribution in [3.8, 4) is 0 Å². The van der Waals surface area contributed by atoms with E-state index in [2.05, 4.69) is 15.3 Å². The fourth-order valence-electron chi connectivity index (χ4n) is 3.06. The number of oxazole rings is 1. The Morgan fingerprint density at radius 2 is 1.86 bits per heavy atom. The first-order valence-electron chi connectivity index (χ1n) is 8.66. The number of halogens is 1. The van der Waals surface area contributed by atoms with Gasteiger partial charge in [0.25, 0.3) is 0 Å². The summed E-state index contributed by atoms with van der Waals surface area (Å²) in [5, 5.41) is 3.52. The van der Waals surface area contributed by atoms with Gasteiger partial charge in [0.05, 0.1) is 11.4 Å². The molecule has 0 saturated carbocycles. The highest BCUT2D eigenvalue weighted by Crippen LogP contribution is 2.25. The summed E-state index contributed by atoms with van der Waals surface area (Å²) in [6, 6.07) is 16.0. The summed E-state index contributed by atoms with van der Waals surface area (Å²) in [7, 11) is 0. The summed E-state index contributed by atoms with van der Waals surface area (Å²) in [4.78, 5) is 31.0. The van der Waals surface area contributed by atoms with Gasteiger partial charge in [-0.1, -0.05) is 23.7 Å². The molecule has 4 rings (SSSR count). The van der Waals surface area contributed by atoms with E-state index in [1.807, 2.05) is 24.3 Å². The second kappa shape index (κ2) is 7.70. The summed E-state index contributed by atoms with van der Waals surface area (Å²) in [5.41, 5.74) is 3.37. The molecule has 2 heterocycles. The van der Waals surface area contributed by atoms with Crippen molar-refractivity contribution in [3.05, 3.63) is 93.7 Å². The third-order valence-electron chi connectivity index (χ3n) is 4.47. The van der Waals surface area contributed by atoms with Crippen LogP contribution in [0.3, 0.4) is 0 Å². The number of aromatic amines is 1. The molecular formula is C21H16ClN3O3. The number of H-pyrrole nitrogens is 1. The van der Waals surface area contributed by atoms with Crippen LogP contribution in [0.2, 0.25) is 5.02 Å². The SMILES string of the molecule is O=C(Nc1ccc2[nH]c(=O)oc2c1)C(Cc1ccncc1)c1ccc(Cl)cc1. The zero-order chi connectivity index (χ0) is 19.5. The molecule has 0 aliphatic carbocycles. The van der Waals surface area contributed by atoms with Crippen LogP contribution < -0.4 is 11.1 Å². The third-order valence-corrected chi connectivity index (χ3v) is 4.72. The minimum absolute atomic E-state index is 0.170. The highest BCUT2D eigenvalue weighted by atomic mass is 35.5. The van der Waals surface area contributed by atoms with E-state index in [9.17, 15) is 9.59 Å². The first-order chi connectivity index (χ1) is 13.6. The molecule has 4 aromatic rings. The molecule has 0 saturated heterocycles. The lowest BCUT2D eigenvalue weighted by atomic mass is 9.91. The molecule has 0 spiro atoms. The Balaban J connectivity index is 1.62. The van der Waals surface area contributed by atoms with Crippen LogP contribution in [0.5, 0.6) is 0 Å². The van der Waals surface area contributed by atoms with Gasteiger partial charge in [-0.25, -0.2) is 4.79 Å². The first kappa shape index (κ1) is 18.0. The Labute approximate surface area is 165 Å². The van der Waals surface area contributed by atoms with Crippen LogP contribution in [0.4, 0.5) is 5.69 Å². The Morgan fingerprint density at radius 3 is 2.61 bits per heavy atom. The van der Waals surface area contributed by atoms with Crippen LogP contribution in [-0.2, 0) is 11.2 Å². The molecule has 0 fully saturated rings. The molecule has 0 radical (unpaired) electrons. The second-order valence-electron chi connectivity index (χ2n) is 6.38. The number of benzene rings is 2. The maximum Gasteiger partial charge on any atom is 0.417 e. The van der Waals surface area contributed by atoms with Gasteiger partial charge in [0.2, 0.25) is 5.91 Å². The van der Waals surface area contributed by atoms with Gasteiger partial charge in [0.1, 0.15) is 0 Å². The van der Waals surface area contributed by atoms with Crippen molar-refractivity contribution in [1.29, 1.82) is 0 Å². The molecule has 0 aliphatic rings. The Kier molecular flexibility index (Phi) is 4.95. The fourth-order valence-corrected chi connectivity index (χ4v) is 3.19. The first-order valence-corrected chi connectivity index (χ1v) is 9.04. The number of pyridine rings is 1. The zero-order valence-electron chi connectivity index (χ0n) is 14.7. The Hall–Kier alpha value is -3.38. The van der Waals surface area contributed by atoms with Gasteiger partial charge in [0.15, 0.2) is 5.58 Å². The van der Waals surface area contributed by atoms with Gasteiger partial charge in [-0.2, -0.15) is 0 Å². The lowest BCUT2D eigenvalue weighted by Crippen LogP contribution is -2.23. The van der Waals surface area contributed by atoms with E-state index in [1.54, 1.807) is 42.7 Å². The summed E-state index contributed by atoms with van der Waals surface area (Å²) >= 11 is 6.00. The van der Waals surface area contributed by atoms with Crippen molar-refractivity contribution in [3.63, 3.8) is 0 Å². The van der Waals surface area contributed by atoms with Gasteiger partial charge in [-0.05, 0) is 53.9 Å². The number of hydrogen-bond donors (Lipinski definition) is 2. The number of carbonyl (C=O) groups is 1. The van der Waals surface area contributed by atoms with E-state index in [1.165, 1.54) is 0 Å². The topological polar surface area (TPSA) is 88.0 Å². The second-order valence-corrected chi connectivity index (χ2v) is 6.81. The van der Waals surface area contributed by atoms with Gasteiger partial charge >= 0.3 is 5.76 Å². The molecule has 2 aromatic heterocycles. The summed E-state index contributed by atoms with van der Waals surface area (Å²) in [5.74, 6) is -1.12. The molecule has 0 aliphatic heterocycles. The lowest BCUT2D eigenvalue weighted by molar-refractivity contribution is -0.117. The minimum atomic E-state index is -0.532. The number of rotatable bonds is 5. The van der Waals surface area contributed by atoms with E-state index < -0.39 is 11.7 Å². The monoisotopic (exact) mass is 393 g/mol. The molecule has 1 unspecified atom stereocenters. The largest absolute Gasteiger partial charge is 0.417 e. The quantitative estimate of drug-likeness (QED) is 0.533. The van der Waals surface area contributed by atoms with Crippen LogP contribution >= 0.6 is 11.6 Å². The minimum Gasteiger partial charge on any atom is -0.408 e. The van der Waals surface area contributed by atoms with E-state index in [-0.39, 0.29) is 5.91 Å². The van der Waals surface area contributed by atoms with Crippen molar-refractivity contribution >= 4 is 34.3 Å². The van der Waals surface area contributed by atoms with Crippen LogP contribution in [0.25, 0.3) is 11.1 Å². The van der Waals surface area contributed by atoms with Crippen LogP contribution in [-0.4, -0.2) is 15.9 Å². The lowest BCUT2D eigenvalue weighted by Gasteiger charge is -2.18. The predicted molar refractivity (Wildman–Crippen MR) is 108 cm³/mol. The van der Waals surface area contributed by atoms with Crippen LogP contribution in [0, 0.1) is 0 Å². The molecule has 6 nitrogen and oxygen atoms in total. The van der Waals surface area contributed by atoms with Crippen molar-refractivity contribution < 1.29 is 9.21 Å². The number of fused-ring (bicyclic) bond motifs is 1. The predicted octanol–water partition coefficient (Wildman–Crippen LogP) is 4.13. The number of hydrogen-bond acceptors (Lipinski definition) is 4. The molecule has 1 amide bonds. The summed E-state index contributed by atoms with van der Waals surface area (Å²) in [6.45, 7) is 0. The summed E-state index contributed by atoms with van der Waals surface area (Å²) in [6.07, 6.45) is 3.92. The third kappa shape index (κ3) is 3.97. The van der Waals surface area contributed by atoms with Crippen LogP contribution in [0.15, 0.2) is 76.2 Å². The van der Waals surface area contributed by atoms with Gasteiger partial charge in [-0.3, -0.25) is 14.8 Å².